The first-order chi connectivity index (χ1) is 5.77. The van der Waals surface area contributed by atoms with Crippen LogP contribution in [0.3, 0.4) is 0 Å². The number of hydrogen-bond acceptors (Lipinski definition) is 4. The van der Waals surface area contributed by atoms with Gasteiger partial charge in [-0.3, -0.25) is 0 Å². The summed E-state index contributed by atoms with van der Waals surface area (Å²) in [6.45, 7) is 2.98. The van der Waals surface area contributed by atoms with Gasteiger partial charge in [-0.15, -0.1) is 0 Å². The maximum atomic E-state index is 4.97. The second kappa shape index (κ2) is 3.90. The van der Waals surface area contributed by atoms with Gasteiger partial charge in [0, 0.05) is 19.7 Å². The summed E-state index contributed by atoms with van der Waals surface area (Å²) in [5.41, 5.74) is 0. The number of nitrogens with zero attached hydrogens (tertiary/aromatic N) is 3. The summed E-state index contributed by atoms with van der Waals surface area (Å²) in [5.74, 6) is 1.48. The number of ether oxygens (including phenoxy) is 1. The molecule has 1 heterocycles. The normalized spacial score (nSPS) is 9.58. The van der Waals surface area contributed by atoms with Crippen molar-refractivity contribution in [2.45, 2.75) is 6.92 Å². The zero-order valence-corrected chi connectivity index (χ0v) is 7.61. The molecule has 66 valence electrons. The monoisotopic (exact) mass is 167 g/mol. The van der Waals surface area contributed by atoms with Gasteiger partial charge in [0.15, 0.2) is 0 Å². The van der Waals surface area contributed by atoms with Gasteiger partial charge in [0.05, 0.1) is 7.11 Å². The first kappa shape index (κ1) is 8.77. The lowest BCUT2D eigenvalue weighted by molar-refractivity contribution is 0.397. The first-order valence-electron chi connectivity index (χ1n) is 3.85. The van der Waals surface area contributed by atoms with Crippen LogP contribution in [0.5, 0.6) is 5.88 Å². The first-order valence-corrected chi connectivity index (χ1v) is 3.85. The molecule has 0 aromatic carbocycles. The SMILES string of the molecule is CCN(C)c1cc(OC)ncn1. The van der Waals surface area contributed by atoms with Crippen LogP contribution in [0.4, 0.5) is 5.82 Å². The van der Waals surface area contributed by atoms with Crippen molar-refractivity contribution in [3.63, 3.8) is 0 Å². The smallest absolute Gasteiger partial charge is 0.218 e. The topological polar surface area (TPSA) is 38.2 Å². The maximum absolute atomic E-state index is 4.97. The van der Waals surface area contributed by atoms with Crippen LogP contribution in [0, 0.1) is 0 Å². The molecule has 0 radical (unpaired) electrons. The third-order valence-corrected chi connectivity index (χ3v) is 1.70. The number of anilines is 1. The van der Waals surface area contributed by atoms with E-state index < -0.39 is 0 Å². The van der Waals surface area contributed by atoms with E-state index in [0.29, 0.717) is 5.88 Å². The Kier molecular flexibility index (Phi) is 2.85. The van der Waals surface area contributed by atoms with Gasteiger partial charge in [0.25, 0.3) is 0 Å². The molecular weight excluding hydrogens is 154 g/mol. The van der Waals surface area contributed by atoms with Crippen LogP contribution < -0.4 is 9.64 Å². The minimum Gasteiger partial charge on any atom is -0.481 e. The van der Waals surface area contributed by atoms with E-state index in [4.69, 9.17) is 4.74 Å². The van der Waals surface area contributed by atoms with Gasteiger partial charge >= 0.3 is 0 Å². The van der Waals surface area contributed by atoms with Crippen LogP contribution in [0.25, 0.3) is 0 Å². The fourth-order valence-corrected chi connectivity index (χ4v) is 0.812. The van der Waals surface area contributed by atoms with Gasteiger partial charge in [0.2, 0.25) is 5.88 Å². The molecule has 1 aromatic heterocycles. The Morgan fingerprint density at radius 3 is 2.83 bits per heavy atom. The number of hydrogen-bond donors (Lipinski definition) is 0. The predicted molar refractivity (Wildman–Crippen MR) is 47.5 cm³/mol. The number of aromatic nitrogens is 2. The zero-order chi connectivity index (χ0) is 8.97. The maximum Gasteiger partial charge on any atom is 0.218 e. The van der Waals surface area contributed by atoms with Gasteiger partial charge in [-0.1, -0.05) is 0 Å². The Morgan fingerprint density at radius 1 is 1.50 bits per heavy atom. The van der Waals surface area contributed by atoms with Crippen molar-refractivity contribution in [1.29, 1.82) is 0 Å². The van der Waals surface area contributed by atoms with Crippen LogP contribution in [0.15, 0.2) is 12.4 Å². The average molecular weight is 167 g/mol. The molecule has 0 fully saturated rings. The van der Waals surface area contributed by atoms with E-state index in [1.54, 1.807) is 7.11 Å². The molecule has 0 saturated heterocycles. The Bertz CT molecular complexity index is 252. The molecular formula is C8H13N3O. The van der Waals surface area contributed by atoms with Crippen molar-refractivity contribution in [1.82, 2.24) is 9.97 Å². The molecule has 0 saturated carbocycles. The number of rotatable bonds is 3. The van der Waals surface area contributed by atoms with Crippen molar-refractivity contribution in [2.75, 3.05) is 25.6 Å². The van der Waals surface area contributed by atoms with Gasteiger partial charge < -0.3 is 9.64 Å². The highest BCUT2D eigenvalue weighted by molar-refractivity contribution is 5.39. The largest absolute Gasteiger partial charge is 0.481 e. The molecule has 0 aliphatic carbocycles. The second-order valence-electron chi connectivity index (χ2n) is 2.43. The summed E-state index contributed by atoms with van der Waals surface area (Å²) in [4.78, 5) is 10.0. The van der Waals surface area contributed by atoms with Crippen LogP contribution in [-0.2, 0) is 0 Å². The third kappa shape index (κ3) is 1.84. The summed E-state index contributed by atoms with van der Waals surface area (Å²) in [5, 5.41) is 0. The van der Waals surface area contributed by atoms with Crippen LogP contribution >= 0.6 is 0 Å². The fourth-order valence-electron chi connectivity index (χ4n) is 0.812. The quantitative estimate of drug-likeness (QED) is 0.671. The van der Waals surface area contributed by atoms with Crippen LogP contribution in [-0.4, -0.2) is 30.7 Å². The van der Waals surface area contributed by atoms with Crippen LogP contribution in [0.2, 0.25) is 0 Å². The summed E-state index contributed by atoms with van der Waals surface area (Å²) in [7, 11) is 3.57. The Labute approximate surface area is 72.2 Å². The van der Waals surface area contributed by atoms with Crippen molar-refractivity contribution in [2.24, 2.45) is 0 Å². The zero-order valence-electron chi connectivity index (χ0n) is 7.61. The minimum atomic E-state index is 0.598. The van der Waals surface area contributed by atoms with Crippen molar-refractivity contribution in [3.8, 4) is 5.88 Å². The fraction of sp³-hybridized carbons (Fsp3) is 0.500. The molecule has 0 amide bonds. The highest BCUT2D eigenvalue weighted by atomic mass is 16.5. The van der Waals surface area contributed by atoms with E-state index in [2.05, 4.69) is 16.9 Å². The molecule has 0 aliphatic rings. The molecule has 0 spiro atoms. The molecule has 1 aromatic rings. The minimum absolute atomic E-state index is 0.598. The molecule has 0 aliphatic heterocycles. The second-order valence-corrected chi connectivity index (χ2v) is 2.43. The van der Waals surface area contributed by atoms with Crippen molar-refractivity contribution < 1.29 is 4.74 Å². The van der Waals surface area contributed by atoms with E-state index in [1.165, 1.54) is 6.33 Å². The molecule has 1 rings (SSSR count). The van der Waals surface area contributed by atoms with Crippen LogP contribution in [0.1, 0.15) is 6.92 Å². The molecule has 0 unspecified atom stereocenters. The number of methoxy groups -OCH3 is 1. The van der Waals surface area contributed by atoms with E-state index >= 15 is 0 Å². The molecule has 0 atom stereocenters. The Balaban J connectivity index is 2.86. The standard InChI is InChI=1S/C8H13N3O/c1-4-11(2)7-5-8(12-3)10-6-9-7/h5-6H,4H2,1-3H3. The highest BCUT2D eigenvalue weighted by Crippen LogP contribution is 2.12. The lowest BCUT2D eigenvalue weighted by atomic mass is 10.5. The summed E-state index contributed by atoms with van der Waals surface area (Å²) in [6, 6.07) is 1.81. The van der Waals surface area contributed by atoms with Gasteiger partial charge in [-0.25, -0.2) is 9.97 Å². The summed E-state index contributed by atoms with van der Waals surface area (Å²) < 4.78 is 4.97. The highest BCUT2D eigenvalue weighted by Gasteiger charge is 2.01. The Morgan fingerprint density at radius 2 is 2.25 bits per heavy atom. The molecule has 4 heteroatoms. The van der Waals surface area contributed by atoms with Crippen molar-refractivity contribution in [3.05, 3.63) is 12.4 Å². The van der Waals surface area contributed by atoms with Gasteiger partial charge in [0.1, 0.15) is 12.1 Å². The third-order valence-electron chi connectivity index (χ3n) is 1.70. The van der Waals surface area contributed by atoms with Gasteiger partial charge in [-0.05, 0) is 6.92 Å². The predicted octanol–water partition coefficient (Wildman–Crippen LogP) is 0.941. The van der Waals surface area contributed by atoms with E-state index in [-0.39, 0.29) is 0 Å². The Hall–Kier alpha value is -1.32. The summed E-state index contributed by atoms with van der Waals surface area (Å²) in [6.07, 6.45) is 1.50. The molecule has 12 heavy (non-hydrogen) atoms. The van der Waals surface area contributed by atoms with E-state index in [9.17, 15) is 0 Å². The lowest BCUT2D eigenvalue weighted by Gasteiger charge is -2.14. The van der Waals surface area contributed by atoms with E-state index in [0.717, 1.165) is 12.4 Å². The average Bonchev–Trinajstić information content (AvgIpc) is 2.17. The van der Waals surface area contributed by atoms with Crippen molar-refractivity contribution >= 4 is 5.82 Å². The van der Waals surface area contributed by atoms with E-state index in [1.807, 2.05) is 18.0 Å². The summed E-state index contributed by atoms with van der Waals surface area (Å²) >= 11 is 0. The molecule has 0 N–H and O–H groups in total. The van der Waals surface area contributed by atoms with Gasteiger partial charge in [-0.2, -0.15) is 0 Å². The molecule has 0 bridgehead atoms. The lowest BCUT2D eigenvalue weighted by Crippen LogP contribution is -2.17. The molecule has 4 nitrogen and oxygen atoms in total.